The van der Waals surface area contributed by atoms with Gasteiger partial charge < -0.3 is 35.1 Å². The summed E-state index contributed by atoms with van der Waals surface area (Å²) in [7, 11) is 0. The highest BCUT2D eigenvalue weighted by atomic mass is 32.1. The summed E-state index contributed by atoms with van der Waals surface area (Å²) < 4.78 is 4.81. The highest BCUT2D eigenvalue weighted by Crippen LogP contribution is 2.55. The zero-order valence-electron chi connectivity index (χ0n) is 25.0. The third-order valence-electron chi connectivity index (χ3n) is 9.65. The summed E-state index contributed by atoms with van der Waals surface area (Å²) in [4.78, 5) is 3.47. The van der Waals surface area contributed by atoms with Gasteiger partial charge in [0.1, 0.15) is 0 Å². The van der Waals surface area contributed by atoms with E-state index in [4.69, 9.17) is 0 Å². The molecule has 7 nitrogen and oxygen atoms in total. The van der Waals surface area contributed by atoms with Gasteiger partial charge in [0.2, 0.25) is 17.2 Å². The molecule has 0 aliphatic rings. The number of phenols is 5. The molecule has 6 N–H and O–H groups in total. The van der Waals surface area contributed by atoms with Gasteiger partial charge in [0.15, 0.2) is 11.5 Å². The normalized spacial score (nSPS) is 12.2. The number of H-pyrrole nitrogens is 1. The number of para-hydroxylation sites is 1. The van der Waals surface area contributed by atoms with Crippen molar-refractivity contribution >= 4 is 85.9 Å². The van der Waals surface area contributed by atoms with Crippen molar-refractivity contribution in [3.63, 3.8) is 0 Å². The van der Waals surface area contributed by atoms with Gasteiger partial charge in [-0.2, -0.15) is 0 Å². The van der Waals surface area contributed by atoms with Crippen LogP contribution < -0.4 is 0 Å². The maximum atomic E-state index is 10.7. The van der Waals surface area contributed by atoms with E-state index in [1.807, 2.05) is 17.4 Å². The third-order valence-corrected chi connectivity index (χ3v) is 10.8. The predicted octanol–water partition coefficient (Wildman–Crippen LogP) is 10.1. The van der Waals surface area contributed by atoms with Crippen LogP contribution in [0.1, 0.15) is 0 Å². The topological polar surface area (TPSA) is 122 Å². The Kier molecular flexibility index (Phi) is 5.22. The van der Waals surface area contributed by atoms with Crippen LogP contribution in [0.4, 0.5) is 0 Å². The van der Waals surface area contributed by atoms with Crippen molar-refractivity contribution in [3.8, 4) is 45.6 Å². The maximum Gasteiger partial charge on any atom is 0.208 e. The molecule has 7 aromatic carbocycles. The number of thiophene rings is 1. The fourth-order valence-corrected chi connectivity index (χ4v) is 8.79. The molecule has 0 fully saturated rings. The standard InChI is InChI=1S/C40H24N2O5S/c43-35-31(36(44)38(46)39(47)37(35)45)19-13-15-27-25(17-19)26-18-20(14-16-28(26)41-27)42-29-11-5-3-9-23(29)32-21-7-1-2-8-22(21)33-24-10-4-6-12-30(24)48-40(33)34(32)42/h1-18,41,43-47H. The fourth-order valence-electron chi connectivity index (χ4n) is 7.53. The number of hydrogen-bond donors (Lipinski definition) is 6. The number of hydrogen-bond acceptors (Lipinski definition) is 6. The molecule has 0 aliphatic carbocycles. The second-order valence-electron chi connectivity index (χ2n) is 12.2. The summed E-state index contributed by atoms with van der Waals surface area (Å²) in [5.74, 6) is -4.26. The van der Waals surface area contributed by atoms with Gasteiger partial charge in [0.25, 0.3) is 0 Å². The number of nitrogens with zero attached hydrogens (tertiary/aromatic N) is 1. The van der Waals surface area contributed by atoms with E-state index >= 15 is 0 Å². The summed E-state index contributed by atoms with van der Waals surface area (Å²) in [5.41, 5.74) is 5.11. The summed E-state index contributed by atoms with van der Waals surface area (Å²) in [6.07, 6.45) is 0. The lowest BCUT2D eigenvalue weighted by molar-refractivity contribution is 0.330. The zero-order chi connectivity index (χ0) is 32.4. The van der Waals surface area contributed by atoms with Crippen LogP contribution in [0, 0.1) is 0 Å². The van der Waals surface area contributed by atoms with Gasteiger partial charge in [-0.3, -0.25) is 0 Å². The average Bonchev–Trinajstić information content (AvgIpc) is 3.79. The van der Waals surface area contributed by atoms with Crippen LogP contribution in [0.15, 0.2) is 109 Å². The maximum absolute atomic E-state index is 10.7. The molecule has 0 aliphatic heterocycles. The Labute approximate surface area is 275 Å². The van der Waals surface area contributed by atoms with E-state index in [0.29, 0.717) is 5.56 Å². The molecule has 3 heterocycles. The summed E-state index contributed by atoms with van der Waals surface area (Å²) in [5, 5.41) is 60.7. The molecule has 0 spiro atoms. The number of rotatable bonds is 2. The van der Waals surface area contributed by atoms with E-state index in [0.717, 1.165) is 38.5 Å². The molecule has 0 saturated heterocycles. The SMILES string of the molecule is Oc1c(O)c(O)c(-c2ccc3[nH]c4ccc(-n5c6ccccc6c6c7ccccc7c7c8ccccc8sc7c65)cc4c3c2)c(O)c1O. The lowest BCUT2D eigenvalue weighted by Crippen LogP contribution is -1.94. The van der Waals surface area contributed by atoms with Gasteiger partial charge in [-0.15, -0.1) is 11.3 Å². The molecule has 0 bridgehead atoms. The van der Waals surface area contributed by atoms with E-state index in [1.165, 1.54) is 41.7 Å². The fraction of sp³-hybridized carbons (Fsp3) is 0. The minimum Gasteiger partial charge on any atom is -0.504 e. The van der Waals surface area contributed by atoms with Gasteiger partial charge >= 0.3 is 0 Å². The van der Waals surface area contributed by atoms with Gasteiger partial charge in [-0.05, 0) is 58.8 Å². The van der Waals surface area contributed by atoms with Gasteiger partial charge in [0.05, 0.1) is 21.3 Å². The lowest BCUT2D eigenvalue weighted by Gasteiger charge is -2.13. The number of aromatic hydroxyl groups is 5. The van der Waals surface area contributed by atoms with Crippen molar-refractivity contribution in [3.05, 3.63) is 109 Å². The van der Waals surface area contributed by atoms with Crippen molar-refractivity contribution in [1.29, 1.82) is 0 Å². The first kappa shape index (κ1) is 26.8. The molecular weight excluding hydrogens is 621 g/mol. The number of fused-ring (bicyclic) bond motifs is 13. The molecule has 0 amide bonds. The van der Waals surface area contributed by atoms with Gasteiger partial charge in [0, 0.05) is 53.7 Å². The van der Waals surface area contributed by atoms with Crippen LogP contribution >= 0.6 is 11.3 Å². The summed E-state index contributed by atoms with van der Waals surface area (Å²) in [6.45, 7) is 0. The quantitative estimate of drug-likeness (QED) is 0.0826. The lowest BCUT2D eigenvalue weighted by atomic mass is 9.99. The van der Waals surface area contributed by atoms with E-state index < -0.39 is 28.7 Å². The van der Waals surface area contributed by atoms with E-state index in [1.54, 1.807) is 12.1 Å². The van der Waals surface area contributed by atoms with E-state index in [2.05, 4.69) is 101 Å². The second-order valence-corrected chi connectivity index (χ2v) is 13.2. The average molecular weight is 645 g/mol. The predicted molar refractivity (Wildman–Crippen MR) is 194 cm³/mol. The van der Waals surface area contributed by atoms with Crippen molar-refractivity contribution in [2.24, 2.45) is 0 Å². The van der Waals surface area contributed by atoms with Crippen molar-refractivity contribution in [2.45, 2.75) is 0 Å². The second kappa shape index (κ2) is 9.34. The Hall–Kier alpha value is -6.38. The third kappa shape index (κ3) is 3.36. The first-order valence-electron chi connectivity index (χ1n) is 15.4. The highest BCUT2D eigenvalue weighted by Gasteiger charge is 2.25. The monoisotopic (exact) mass is 644 g/mol. The van der Waals surface area contributed by atoms with Gasteiger partial charge in [-0.25, -0.2) is 0 Å². The summed E-state index contributed by atoms with van der Waals surface area (Å²) in [6, 6.07) is 37.3. The molecule has 0 saturated carbocycles. The van der Waals surface area contributed by atoms with E-state index in [-0.39, 0.29) is 5.56 Å². The zero-order valence-corrected chi connectivity index (χ0v) is 25.8. The first-order valence-corrected chi connectivity index (χ1v) is 16.2. The molecule has 0 atom stereocenters. The smallest absolute Gasteiger partial charge is 0.208 e. The van der Waals surface area contributed by atoms with Crippen molar-refractivity contribution in [2.75, 3.05) is 0 Å². The molecule has 230 valence electrons. The van der Waals surface area contributed by atoms with E-state index in [9.17, 15) is 25.5 Å². The summed E-state index contributed by atoms with van der Waals surface area (Å²) >= 11 is 1.81. The van der Waals surface area contributed by atoms with Crippen LogP contribution in [-0.2, 0) is 0 Å². The molecule has 8 heteroatoms. The van der Waals surface area contributed by atoms with Gasteiger partial charge in [-0.1, -0.05) is 66.7 Å². The Morgan fingerprint density at radius 3 is 1.83 bits per heavy atom. The number of nitrogens with one attached hydrogen (secondary N) is 1. The molecule has 0 radical (unpaired) electrons. The van der Waals surface area contributed by atoms with Crippen LogP contribution in [0.25, 0.3) is 91.4 Å². The Bertz CT molecular complexity index is 2990. The number of phenolic OH excluding ortho intramolecular Hbond substituents is 5. The largest absolute Gasteiger partial charge is 0.504 e. The molecule has 10 aromatic rings. The molecule has 48 heavy (non-hydrogen) atoms. The van der Waals surface area contributed by atoms with Crippen molar-refractivity contribution < 1.29 is 25.5 Å². The number of aromatic amines is 1. The van der Waals surface area contributed by atoms with Crippen LogP contribution in [0.5, 0.6) is 28.7 Å². The highest BCUT2D eigenvalue weighted by molar-refractivity contribution is 7.27. The molecule has 10 rings (SSSR count). The van der Waals surface area contributed by atoms with Crippen molar-refractivity contribution in [1.82, 2.24) is 9.55 Å². The van der Waals surface area contributed by atoms with Crippen LogP contribution in [0.3, 0.4) is 0 Å². The number of benzene rings is 7. The minimum absolute atomic E-state index is 0.184. The minimum atomic E-state index is -0.988. The molecule has 3 aromatic heterocycles. The van der Waals surface area contributed by atoms with Crippen LogP contribution in [-0.4, -0.2) is 35.1 Å². The first-order chi connectivity index (χ1) is 23.4. The molecule has 0 unspecified atom stereocenters. The Morgan fingerprint density at radius 2 is 1.08 bits per heavy atom. The molecular formula is C40H24N2O5S. The Balaban J connectivity index is 1.31. The number of aromatic nitrogens is 2. The Morgan fingerprint density at radius 1 is 0.500 bits per heavy atom. The van der Waals surface area contributed by atoms with Crippen LogP contribution in [0.2, 0.25) is 0 Å².